The van der Waals surface area contributed by atoms with E-state index in [1.807, 2.05) is 0 Å². The van der Waals surface area contributed by atoms with Crippen LogP contribution in [0.1, 0.15) is 41.5 Å². The molecule has 0 amide bonds. The van der Waals surface area contributed by atoms with Gasteiger partial charge in [-0.2, -0.15) is 0 Å². The Bertz CT molecular complexity index is 925. The normalized spacial score (nSPS) is 12.2. The number of hydrogen-bond acceptors (Lipinski definition) is 7. The summed E-state index contributed by atoms with van der Waals surface area (Å²) in [4.78, 5) is 0. The van der Waals surface area contributed by atoms with E-state index in [1.54, 1.807) is 26.4 Å². The van der Waals surface area contributed by atoms with Gasteiger partial charge < -0.3 is 33.2 Å². The third-order valence-corrected chi connectivity index (χ3v) is 12.8. The zero-order valence-corrected chi connectivity index (χ0v) is 23.7. The van der Waals surface area contributed by atoms with Gasteiger partial charge in [0.25, 0.3) is 8.32 Å². The fourth-order valence-electron chi connectivity index (χ4n) is 4.77. The van der Waals surface area contributed by atoms with Crippen molar-refractivity contribution in [3.05, 3.63) is 16.6 Å². The Hall–Kier alpha value is -1.68. The van der Waals surface area contributed by atoms with Crippen molar-refractivity contribution in [2.24, 2.45) is 0 Å². The van der Waals surface area contributed by atoms with E-state index in [2.05, 4.69) is 57.5 Å². The Labute approximate surface area is 206 Å². The smallest absolute Gasteiger partial charge is 0.258 e. The third-order valence-electron chi connectivity index (χ3n) is 6.04. The summed E-state index contributed by atoms with van der Waals surface area (Å²) < 4.78 is 35.4. The van der Waals surface area contributed by atoms with E-state index in [0.717, 1.165) is 0 Å². The van der Waals surface area contributed by atoms with Gasteiger partial charge in [-0.1, -0.05) is 41.5 Å². The summed E-state index contributed by atoms with van der Waals surface area (Å²) in [6.45, 7) is 13.3. The zero-order chi connectivity index (χ0) is 24.9. The second-order valence-corrected chi connectivity index (χ2v) is 15.0. The van der Waals surface area contributed by atoms with Gasteiger partial charge in [0.05, 0.1) is 17.9 Å². The maximum atomic E-state index is 10.9. The largest absolute Gasteiger partial charge is 0.542 e. The number of phenols is 1. The highest BCUT2D eigenvalue weighted by atomic mass is 79.9. The van der Waals surface area contributed by atoms with Crippen molar-refractivity contribution in [1.82, 2.24) is 0 Å². The highest BCUT2D eigenvalue weighted by Crippen LogP contribution is 2.55. The molecule has 7 nitrogen and oxygen atoms in total. The van der Waals surface area contributed by atoms with Gasteiger partial charge in [0.1, 0.15) is 16.0 Å². The average molecular weight is 546 g/mol. The number of fused-ring (bicyclic) bond motifs is 1. The standard InChI is InChI=1S/C24H37BrO7Si/c1-14(2)33(15(3)4,16(5)6)32-18-11-10-17(26)19-20(18)23(31-13-28-8)24(29-9)21(25)22(19)30-12-27-7/h10-11,14-16,26H,12-13H2,1-9H3. The van der Waals surface area contributed by atoms with E-state index in [9.17, 15) is 5.11 Å². The Kier molecular flexibility index (Phi) is 9.72. The molecule has 33 heavy (non-hydrogen) atoms. The van der Waals surface area contributed by atoms with Gasteiger partial charge in [0.2, 0.25) is 0 Å². The summed E-state index contributed by atoms with van der Waals surface area (Å²) >= 11 is 3.56. The first kappa shape index (κ1) is 27.6. The first-order valence-corrected chi connectivity index (χ1v) is 14.0. The van der Waals surface area contributed by atoms with Crippen LogP contribution in [0.2, 0.25) is 16.6 Å². The molecule has 186 valence electrons. The number of benzene rings is 2. The summed E-state index contributed by atoms with van der Waals surface area (Å²) in [6.07, 6.45) is 0. The summed E-state index contributed by atoms with van der Waals surface area (Å²) in [5.41, 5.74) is 1.06. The number of methoxy groups -OCH3 is 3. The van der Waals surface area contributed by atoms with Crippen LogP contribution in [0.15, 0.2) is 16.6 Å². The average Bonchev–Trinajstić information content (AvgIpc) is 2.75. The van der Waals surface area contributed by atoms with Gasteiger partial charge in [0, 0.05) is 14.2 Å². The molecule has 0 radical (unpaired) electrons. The quantitative estimate of drug-likeness (QED) is 0.231. The monoisotopic (exact) mass is 544 g/mol. The van der Waals surface area contributed by atoms with Gasteiger partial charge in [-0.05, 0) is 44.7 Å². The van der Waals surface area contributed by atoms with E-state index in [4.69, 9.17) is 28.1 Å². The van der Waals surface area contributed by atoms with Gasteiger partial charge in [-0.15, -0.1) is 0 Å². The Morgan fingerprint density at radius 2 is 1.30 bits per heavy atom. The summed E-state index contributed by atoms with van der Waals surface area (Å²) in [5.74, 6) is 1.83. The van der Waals surface area contributed by atoms with Crippen molar-refractivity contribution in [3.63, 3.8) is 0 Å². The Morgan fingerprint density at radius 3 is 1.76 bits per heavy atom. The second-order valence-electron chi connectivity index (χ2n) is 8.86. The van der Waals surface area contributed by atoms with Crippen LogP contribution in [0.4, 0.5) is 0 Å². The number of rotatable bonds is 12. The molecule has 0 aromatic heterocycles. The van der Waals surface area contributed by atoms with Crippen molar-refractivity contribution in [2.45, 2.75) is 58.2 Å². The first-order valence-electron chi connectivity index (χ1n) is 11.1. The molecule has 0 unspecified atom stereocenters. The molecule has 0 heterocycles. The summed E-state index contributed by atoms with van der Waals surface area (Å²) in [6, 6.07) is 3.41. The maximum absolute atomic E-state index is 10.9. The first-order chi connectivity index (χ1) is 15.6. The van der Waals surface area contributed by atoms with Gasteiger partial charge in [-0.25, -0.2) is 0 Å². The molecule has 0 saturated carbocycles. The van der Waals surface area contributed by atoms with Crippen molar-refractivity contribution < 1.29 is 33.2 Å². The zero-order valence-electron chi connectivity index (χ0n) is 21.1. The second kappa shape index (κ2) is 11.6. The van der Waals surface area contributed by atoms with E-state index in [1.165, 1.54) is 7.11 Å². The molecular weight excluding hydrogens is 508 g/mol. The Morgan fingerprint density at radius 1 is 0.788 bits per heavy atom. The van der Waals surface area contributed by atoms with Crippen LogP contribution in [0.3, 0.4) is 0 Å². The highest BCUT2D eigenvalue weighted by molar-refractivity contribution is 9.10. The number of aromatic hydroxyl groups is 1. The molecule has 2 aromatic carbocycles. The summed E-state index contributed by atoms with van der Waals surface area (Å²) in [7, 11) is 2.30. The van der Waals surface area contributed by atoms with Crippen LogP contribution < -0.4 is 18.6 Å². The summed E-state index contributed by atoms with van der Waals surface area (Å²) in [5, 5.41) is 11.9. The number of hydrogen-bond donors (Lipinski definition) is 1. The van der Waals surface area contributed by atoms with Crippen LogP contribution >= 0.6 is 15.9 Å². The molecule has 1 N–H and O–H groups in total. The molecule has 0 aliphatic carbocycles. The molecular formula is C24H37BrO7Si. The number of ether oxygens (including phenoxy) is 5. The van der Waals surface area contributed by atoms with Crippen molar-refractivity contribution in [2.75, 3.05) is 34.9 Å². The predicted molar refractivity (Wildman–Crippen MR) is 137 cm³/mol. The lowest BCUT2D eigenvalue weighted by Crippen LogP contribution is -2.50. The van der Waals surface area contributed by atoms with E-state index >= 15 is 0 Å². The molecule has 0 atom stereocenters. The lowest BCUT2D eigenvalue weighted by molar-refractivity contribution is 0.0478. The third kappa shape index (κ3) is 5.21. The maximum Gasteiger partial charge on any atom is 0.258 e. The minimum Gasteiger partial charge on any atom is -0.542 e. The fourth-order valence-corrected chi connectivity index (χ4v) is 10.7. The number of halogens is 1. The molecule has 0 spiro atoms. The molecule has 0 bridgehead atoms. The molecule has 0 fully saturated rings. The minimum absolute atomic E-state index is 0.00756. The fraction of sp³-hybridized carbons (Fsp3) is 0.583. The SMILES string of the molecule is COCOc1c(Br)c(OC)c(OCOC)c2c(O[Si](C(C)C)(C(C)C)C(C)C)ccc(O)c12. The van der Waals surface area contributed by atoms with E-state index in [0.29, 0.717) is 54.9 Å². The van der Waals surface area contributed by atoms with Crippen molar-refractivity contribution in [1.29, 1.82) is 0 Å². The molecule has 9 heteroatoms. The molecule has 0 aliphatic rings. The van der Waals surface area contributed by atoms with Crippen molar-refractivity contribution >= 4 is 35.0 Å². The van der Waals surface area contributed by atoms with Gasteiger partial charge in [-0.3, -0.25) is 0 Å². The van der Waals surface area contributed by atoms with E-state index in [-0.39, 0.29) is 19.3 Å². The van der Waals surface area contributed by atoms with Crippen LogP contribution in [0, 0.1) is 0 Å². The molecule has 0 saturated heterocycles. The topological polar surface area (TPSA) is 75.6 Å². The highest BCUT2D eigenvalue weighted by Gasteiger charge is 2.47. The Balaban J connectivity index is 2.98. The molecule has 0 aliphatic heterocycles. The van der Waals surface area contributed by atoms with Crippen LogP contribution in [0.25, 0.3) is 10.8 Å². The predicted octanol–water partition coefficient (Wildman–Crippen LogP) is 6.84. The molecule has 2 rings (SSSR count). The van der Waals surface area contributed by atoms with Crippen LogP contribution in [-0.2, 0) is 9.47 Å². The molecule has 2 aromatic rings. The lowest BCUT2D eigenvalue weighted by Gasteiger charge is -2.42. The minimum atomic E-state index is -2.33. The van der Waals surface area contributed by atoms with Gasteiger partial charge >= 0.3 is 0 Å². The van der Waals surface area contributed by atoms with E-state index < -0.39 is 8.32 Å². The van der Waals surface area contributed by atoms with Crippen molar-refractivity contribution in [3.8, 4) is 28.7 Å². The lowest BCUT2D eigenvalue weighted by atomic mass is 10.1. The van der Waals surface area contributed by atoms with Crippen LogP contribution in [0.5, 0.6) is 28.7 Å². The van der Waals surface area contributed by atoms with Crippen LogP contribution in [-0.4, -0.2) is 48.3 Å². The number of phenolic OH excluding ortho intramolecular Hbond substituents is 1. The van der Waals surface area contributed by atoms with Gasteiger partial charge in [0.15, 0.2) is 30.8 Å².